The normalized spacial score (nSPS) is 12.5. The Bertz CT molecular complexity index is 355. The van der Waals surface area contributed by atoms with E-state index in [0.29, 0.717) is 19.6 Å². The van der Waals surface area contributed by atoms with Crippen LogP contribution in [-0.4, -0.2) is 37.0 Å². The number of carbonyl (C=O) groups is 1. The fourth-order valence-electron chi connectivity index (χ4n) is 2.99. The van der Waals surface area contributed by atoms with E-state index in [1.54, 1.807) is 0 Å². The molecule has 0 aromatic carbocycles. The van der Waals surface area contributed by atoms with Crippen molar-refractivity contribution >= 4 is 5.97 Å². The predicted octanol–water partition coefficient (Wildman–Crippen LogP) is 6.35. The van der Waals surface area contributed by atoms with Gasteiger partial charge in [-0.05, 0) is 38.5 Å². The zero-order valence-corrected chi connectivity index (χ0v) is 18.6. The summed E-state index contributed by atoms with van der Waals surface area (Å²) in [6, 6.07) is 0. The molecule has 0 aliphatic rings. The fraction of sp³-hybridized carbons (Fsp3) is 0.875. The third-order valence-corrected chi connectivity index (χ3v) is 4.85. The van der Waals surface area contributed by atoms with Crippen LogP contribution >= 0.6 is 0 Å². The standard InChI is InChI=1S/C24H46O4/c1-3-5-7-14-17-23(25)18-15-12-10-8-9-11-13-16-19-24(26)28-22-21-27-20-6-4-2/h12,15,23,25H,3-11,13-14,16-22H2,1-2H3/b15-12-/t23-/m1/s1. The number of hydrogen-bond donors (Lipinski definition) is 1. The maximum absolute atomic E-state index is 11.6. The van der Waals surface area contributed by atoms with Gasteiger partial charge in [0, 0.05) is 13.0 Å². The van der Waals surface area contributed by atoms with Gasteiger partial charge < -0.3 is 14.6 Å². The van der Waals surface area contributed by atoms with Crippen molar-refractivity contribution in [1.29, 1.82) is 0 Å². The van der Waals surface area contributed by atoms with Crippen molar-refractivity contribution < 1.29 is 19.4 Å². The van der Waals surface area contributed by atoms with E-state index in [1.807, 2.05) is 0 Å². The Kier molecular flexibility index (Phi) is 21.7. The lowest BCUT2D eigenvalue weighted by Gasteiger charge is -2.07. The second kappa shape index (κ2) is 22.4. The molecule has 0 spiro atoms. The zero-order valence-electron chi connectivity index (χ0n) is 18.6. The average Bonchev–Trinajstić information content (AvgIpc) is 2.69. The molecule has 0 rings (SSSR count). The summed E-state index contributed by atoms with van der Waals surface area (Å²) in [7, 11) is 0. The Morgan fingerprint density at radius 2 is 1.54 bits per heavy atom. The average molecular weight is 399 g/mol. The van der Waals surface area contributed by atoms with Gasteiger partial charge in [-0.2, -0.15) is 0 Å². The summed E-state index contributed by atoms with van der Waals surface area (Å²) in [4.78, 5) is 11.6. The first-order valence-electron chi connectivity index (χ1n) is 11.8. The summed E-state index contributed by atoms with van der Waals surface area (Å²) in [5, 5.41) is 9.90. The molecule has 28 heavy (non-hydrogen) atoms. The zero-order chi connectivity index (χ0) is 20.7. The SMILES string of the molecule is CCCCCC[C@@H](O)C/C=C\CCCCCCCC(=O)OCCOCCCC. The molecule has 1 N–H and O–H groups in total. The number of unbranched alkanes of at least 4 members (excludes halogenated alkanes) is 9. The van der Waals surface area contributed by atoms with Gasteiger partial charge in [0.15, 0.2) is 0 Å². The Balaban J connectivity index is 3.30. The van der Waals surface area contributed by atoms with Crippen LogP contribution in [0.4, 0.5) is 0 Å². The van der Waals surface area contributed by atoms with Gasteiger partial charge in [0.2, 0.25) is 0 Å². The van der Waals surface area contributed by atoms with E-state index in [9.17, 15) is 9.90 Å². The minimum Gasteiger partial charge on any atom is -0.463 e. The molecular formula is C24H46O4. The lowest BCUT2D eigenvalue weighted by Crippen LogP contribution is -2.10. The second-order valence-corrected chi connectivity index (χ2v) is 7.70. The Morgan fingerprint density at radius 1 is 0.821 bits per heavy atom. The van der Waals surface area contributed by atoms with Gasteiger partial charge in [0.25, 0.3) is 0 Å². The van der Waals surface area contributed by atoms with Crippen molar-refractivity contribution in [2.45, 2.75) is 116 Å². The summed E-state index contributed by atoms with van der Waals surface area (Å²) in [6.45, 7) is 5.98. The molecule has 4 nitrogen and oxygen atoms in total. The molecule has 0 unspecified atom stereocenters. The lowest BCUT2D eigenvalue weighted by molar-refractivity contribution is -0.145. The number of rotatable bonds is 21. The monoisotopic (exact) mass is 398 g/mol. The highest BCUT2D eigenvalue weighted by atomic mass is 16.6. The van der Waals surface area contributed by atoms with Crippen LogP contribution in [0.25, 0.3) is 0 Å². The topological polar surface area (TPSA) is 55.8 Å². The van der Waals surface area contributed by atoms with Gasteiger partial charge >= 0.3 is 5.97 Å². The molecule has 4 heteroatoms. The number of ether oxygens (including phenoxy) is 2. The highest BCUT2D eigenvalue weighted by Crippen LogP contribution is 2.10. The fourth-order valence-corrected chi connectivity index (χ4v) is 2.99. The van der Waals surface area contributed by atoms with E-state index < -0.39 is 0 Å². The van der Waals surface area contributed by atoms with E-state index in [1.165, 1.54) is 38.5 Å². The maximum atomic E-state index is 11.6. The predicted molar refractivity (Wildman–Crippen MR) is 118 cm³/mol. The van der Waals surface area contributed by atoms with E-state index in [4.69, 9.17) is 9.47 Å². The number of esters is 1. The quantitative estimate of drug-likeness (QED) is 0.139. The largest absolute Gasteiger partial charge is 0.463 e. The molecule has 0 aromatic heterocycles. The lowest BCUT2D eigenvalue weighted by atomic mass is 10.1. The highest BCUT2D eigenvalue weighted by molar-refractivity contribution is 5.69. The minimum absolute atomic E-state index is 0.102. The van der Waals surface area contributed by atoms with Crippen LogP contribution in [0.5, 0.6) is 0 Å². The molecule has 1 atom stereocenters. The molecule has 0 saturated heterocycles. The van der Waals surface area contributed by atoms with Gasteiger partial charge in [-0.25, -0.2) is 0 Å². The molecule has 0 radical (unpaired) electrons. The van der Waals surface area contributed by atoms with Gasteiger partial charge in [-0.3, -0.25) is 4.79 Å². The molecule has 0 aliphatic carbocycles. The first-order chi connectivity index (χ1) is 13.7. The third kappa shape index (κ3) is 21.4. The molecular weight excluding hydrogens is 352 g/mol. The van der Waals surface area contributed by atoms with E-state index in [0.717, 1.165) is 58.0 Å². The Hall–Kier alpha value is -0.870. The molecule has 0 saturated carbocycles. The van der Waals surface area contributed by atoms with E-state index in [-0.39, 0.29) is 12.1 Å². The van der Waals surface area contributed by atoms with Gasteiger partial charge in [0.1, 0.15) is 6.61 Å². The third-order valence-electron chi connectivity index (χ3n) is 4.85. The molecule has 0 aromatic rings. The first kappa shape index (κ1) is 27.1. The Morgan fingerprint density at radius 3 is 2.32 bits per heavy atom. The van der Waals surface area contributed by atoms with Crippen molar-refractivity contribution in [2.24, 2.45) is 0 Å². The summed E-state index contributed by atoms with van der Waals surface area (Å²) in [5.74, 6) is -0.102. The van der Waals surface area contributed by atoms with Crippen LogP contribution in [-0.2, 0) is 14.3 Å². The smallest absolute Gasteiger partial charge is 0.305 e. The number of aliphatic hydroxyl groups is 1. The Labute approximate surface area is 174 Å². The number of carbonyl (C=O) groups excluding carboxylic acids is 1. The van der Waals surface area contributed by atoms with E-state index >= 15 is 0 Å². The van der Waals surface area contributed by atoms with Gasteiger partial charge in [0.05, 0.1) is 12.7 Å². The highest BCUT2D eigenvalue weighted by Gasteiger charge is 2.03. The van der Waals surface area contributed by atoms with Crippen molar-refractivity contribution in [1.82, 2.24) is 0 Å². The molecule has 0 amide bonds. The molecule has 0 aliphatic heterocycles. The maximum Gasteiger partial charge on any atom is 0.305 e. The van der Waals surface area contributed by atoms with Crippen molar-refractivity contribution in [3.63, 3.8) is 0 Å². The summed E-state index contributed by atoms with van der Waals surface area (Å²) < 4.78 is 10.5. The van der Waals surface area contributed by atoms with Crippen molar-refractivity contribution in [2.75, 3.05) is 19.8 Å². The van der Waals surface area contributed by atoms with Crippen LogP contribution in [0.3, 0.4) is 0 Å². The van der Waals surface area contributed by atoms with Gasteiger partial charge in [-0.15, -0.1) is 0 Å². The molecule has 166 valence electrons. The summed E-state index contributed by atoms with van der Waals surface area (Å²) in [5.41, 5.74) is 0. The number of hydrogen-bond acceptors (Lipinski definition) is 4. The second-order valence-electron chi connectivity index (χ2n) is 7.70. The van der Waals surface area contributed by atoms with Crippen molar-refractivity contribution in [3.05, 3.63) is 12.2 Å². The molecule has 0 bridgehead atoms. The van der Waals surface area contributed by atoms with Gasteiger partial charge in [-0.1, -0.05) is 77.4 Å². The van der Waals surface area contributed by atoms with Crippen molar-refractivity contribution in [3.8, 4) is 0 Å². The molecule has 0 heterocycles. The summed E-state index contributed by atoms with van der Waals surface area (Å²) in [6.07, 6.45) is 20.1. The van der Waals surface area contributed by atoms with Crippen LogP contribution in [0, 0.1) is 0 Å². The van der Waals surface area contributed by atoms with Crippen LogP contribution in [0.2, 0.25) is 0 Å². The number of allylic oxidation sites excluding steroid dienone is 1. The molecule has 0 fully saturated rings. The summed E-state index contributed by atoms with van der Waals surface area (Å²) >= 11 is 0. The first-order valence-corrected chi connectivity index (χ1v) is 11.8. The van der Waals surface area contributed by atoms with Crippen LogP contribution < -0.4 is 0 Å². The van der Waals surface area contributed by atoms with Crippen LogP contribution in [0.1, 0.15) is 110 Å². The van der Waals surface area contributed by atoms with E-state index in [2.05, 4.69) is 26.0 Å². The minimum atomic E-state index is -0.171. The van der Waals surface area contributed by atoms with Crippen LogP contribution in [0.15, 0.2) is 12.2 Å². The number of aliphatic hydroxyl groups excluding tert-OH is 1.